The Bertz CT molecular complexity index is 822. The van der Waals surface area contributed by atoms with E-state index < -0.39 is 9.84 Å². The summed E-state index contributed by atoms with van der Waals surface area (Å²) < 4.78 is 28.7. The normalized spacial score (nSPS) is 18.9. The van der Waals surface area contributed by atoms with Crippen LogP contribution in [0.3, 0.4) is 0 Å². The molecule has 0 radical (unpaired) electrons. The maximum absolute atomic E-state index is 11.5. The van der Waals surface area contributed by atoms with Crippen LogP contribution in [-0.2, 0) is 9.84 Å². The second-order valence-corrected chi connectivity index (χ2v) is 8.55. The Labute approximate surface area is 147 Å². The summed E-state index contributed by atoms with van der Waals surface area (Å²) in [6.45, 7) is 3.96. The Morgan fingerprint density at radius 2 is 1.96 bits per heavy atom. The largest absolute Gasteiger partial charge is 0.491 e. The maximum atomic E-state index is 11.5. The number of ether oxygens (including phenoxy) is 1. The third-order valence-electron chi connectivity index (χ3n) is 3.72. The van der Waals surface area contributed by atoms with E-state index in [2.05, 4.69) is 20.6 Å². The van der Waals surface area contributed by atoms with Gasteiger partial charge in [0.2, 0.25) is 5.95 Å². The van der Waals surface area contributed by atoms with E-state index in [0.717, 1.165) is 11.4 Å². The summed E-state index contributed by atoms with van der Waals surface area (Å²) in [7, 11) is -2.92. The Morgan fingerprint density at radius 1 is 1.20 bits per heavy atom. The van der Waals surface area contributed by atoms with Crippen molar-refractivity contribution in [1.82, 2.24) is 9.97 Å². The lowest BCUT2D eigenvalue weighted by Crippen LogP contribution is -2.21. The fourth-order valence-corrected chi connectivity index (χ4v) is 4.31. The zero-order valence-electron chi connectivity index (χ0n) is 14.3. The highest BCUT2D eigenvalue weighted by molar-refractivity contribution is 7.91. The van der Waals surface area contributed by atoms with Crippen LogP contribution in [0.4, 0.5) is 17.5 Å². The molecular formula is C17H22N4O3S. The lowest BCUT2D eigenvalue weighted by atomic mass is 10.2. The quantitative estimate of drug-likeness (QED) is 0.816. The summed E-state index contributed by atoms with van der Waals surface area (Å²) in [6.07, 6.45) is 2.37. The Balaban J connectivity index is 1.63. The average molecular weight is 362 g/mol. The van der Waals surface area contributed by atoms with Crippen LogP contribution in [0.15, 0.2) is 36.5 Å². The topological polar surface area (TPSA) is 93.2 Å². The van der Waals surface area contributed by atoms with Crippen molar-refractivity contribution >= 4 is 27.3 Å². The Morgan fingerprint density at radius 3 is 2.60 bits per heavy atom. The highest BCUT2D eigenvalue weighted by Crippen LogP contribution is 2.20. The van der Waals surface area contributed by atoms with Crippen LogP contribution < -0.4 is 15.4 Å². The molecule has 0 aliphatic carbocycles. The first kappa shape index (κ1) is 17.5. The zero-order valence-corrected chi connectivity index (χ0v) is 15.1. The number of anilines is 3. The number of sulfone groups is 1. The van der Waals surface area contributed by atoms with Crippen molar-refractivity contribution in [3.05, 3.63) is 36.5 Å². The number of aromatic nitrogens is 2. The van der Waals surface area contributed by atoms with Crippen molar-refractivity contribution in [3.8, 4) is 5.75 Å². The molecule has 0 amide bonds. The molecule has 3 rings (SSSR count). The van der Waals surface area contributed by atoms with Crippen molar-refractivity contribution in [3.63, 3.8) is 0 Å². The van der Waals surface area contributed by atoms with Gasteiger partial charge in [-0.25, -0.2) is 13.4 Å². The van der Waals surface area contributed by atoms with Crippen molar-refractivity contribution in [1.29, 1.82) is 0 Å². The van der Waals surface area contributed by atoms with E-state index in [1.54, 1.807) is 12.3 Å². The van der Waals surface area contributed by atoms with E-state index in [1.807, 2.05) is 38.1 Å². The van der Waals surface area contributed by atoms with Crippen molar-refractivity contribution in [2.75, 3.05) is 22.1 Å². The highest BCUT2D eigenvalue weighted by Gasteiger charge is 2.27. The fraction of sp³-hybridized carbons (Fsp3) is 0.412. The molecule has 0 bridgehead atoms. The monoisotopic (exact) mass is 362 g/mol. The van der Waals surface area contributed by atoms with Gasteiger partial charge in [-0.2, -0.15) is 4.98 Å². The standard InChI is InChI=1S/C17H22N4O3S/c1-12(2)24-15-5-3-13(4-6-15)20-17-18-9-7-16(21-17)19-14-8-10-25(22,23)11-14/h3-7,9,12,14H,8,10-11H2,1-2H3,(H2,18,19,20,21). The molecule has 1 fully saturated rings. The Kier molecular flexibility index (Phi) is 5.08. The molecule has 8 heteroatoms. The molecule has 1 atom stereocenters. The van der Waals surface area contributed by atoms with Gasteiger partial charge in [0.15, 0.2) is 9.84 Å². The highest BCUT2D eigenvalue weighted by atomic mass is 32.2. The van der Waals surface area contributed by atoms with Crippen LogP contribution >= 0.6 is 0 Å². The predicted octanol–water partition coefficient (Wildman–Crippen LogP) is 2.61. The van der Waals surface area contributed by atoms with Crippen LogP contribution in [0.2, 0.25) is 0 Å². The molecule has 0 saturated carbocycles. The maximum Gasteiger partial charge on any atom is 0.229 e. The van der Waals surface area contributed by atoms with E-state index in [1.165, 1.54) is 0 Å². The molecule has 1 aromatic carbocycles. The molecular weight excluding hydrogens is 340 g/mol. The van der Waals surface area contributed by atoms with E-state index in [4.69, 9.17) is 4.74 Å². The Hall–Kier alpha value is -2.35. The van der Waals surface area contributed by atoms with E-state index >= 15 is 0 Å². The van der Waals surface area contributed by atoms with Gasteiger partial charge in [0, 0.05) is 17.9 Å². The SMILES string of the molecule is CC(C)Oc1ccc(Nc2nccc(NC3CCS(=O)(=O)C3)n2)cc1. The minimum atomic E-state index is -2.92. The molecule has 2 heterocycles. The molecule has 0 spiro atoms. The number of nitrogens with zero attached hydrogens (tertiary/aromatic N) is 2. The first-order valence-electron chi connectivity index (χ1n) is 8.23. The molecule has 1 saturated heterocycles. The molecule has 1 aliphatic rings. The van der Waals surface area contributed by atoms with Gasteiger partial charge in [-0.3, -0.25) is 0 Å². The predicted molar refractivity (Wildman–Crippen MR) is 98.2 cm³/mol. The van der Waals surface area contributed by atoms with Gasteiger partial charge in [-0.1, -0.05) is 0 Å². The van der Waals surface area contributed by atoms with Gasteiger partial charge >= 0.3 is 0 Å². The van der Waals surface area contributed by atoms with Gasteiger partial charge in [-0.15, -0.1) is 0 Å². The zero-order chi connectivity index (χ0) is 17.9. The van der Waals surface area contributed by atoms with Crippen molar-refractivity contribution in [2.45, 2.75) is 32.4 Å². The summed E-state index contributed by atoms with van der Waals surface area (Å²) in [5.41, 5.74) is 0.844. The molecule has 2 N–H and O–H groups in total. The van der Waals surface area contributed by atoms with Crippen LogP contribution in [0.1, 0.15) is 20.3 Å². The first-order valence-corrected chi connectivity index (χ1v) is 10.1. The number of nitrogens with one attached hydrogen (secondary N) is 2. The number of hydrogen-bond acceptors (Lipinski definition) is 7. The van der Waals surface area contributed by atoms with Crippen LogP contribution in [0.25, 0.3) is 0 Å². The fourth-order valence-electron chi connectivity index (χ4n) is 2.64. The third-order valence-corrected chi connectivity index (χ3v) is 5.49. The van der Waals surface area contributed by atoms with Gasteiger partial charge in [0.25, 0.3) is 0 Å². The van der Waals surface area contributed by atoms with E-state index in [9.17, 15) is 8.42 Å². The summed E-state index contributed by atoms with van der Waals surface area (Å²) in [5, 5.41) is 6.29. The number of hydrogen-bond donors (Lipinski definition) is 2. The molecule has 134 valence electrons. The van der Waals surface area contributed by atoms with E-state index in [-0.39, 0.29) is 23.7 Å². The molecule has 1 aliphatic heterocycles. The minimum absolute atomic E-state index is 0.0970. The lowest BCUT2D eigenvalue weighted by molar-refractivity contribution is 0.242. The molecule has 25 heavy (non-hydrogen) atoms. The van der Waals surface area contributed by atoms with Crippen LogP contribution in [-0.4, -0.2) is 42.0 Å². The van der Waals surface area contributed by atoms with Crippen LogP contribution in [0.5, 0.6) is 5.75 Å². The van der Waals surface area contributed by atoms with Gasteiger partial charge in [0.1, 0.15) is 11.6 Å². The van der Waals surface area contributed by atoms with Crippen molar-refractivity contribution < 1.29 is 13.2 Å². The molecule has 7 nitrogen and oxygen atoms in total. The van der Waals surface area contributed by atoms with Gasteiger partial charge in [-0.05, 0) is 50.6 Å². The van der Waals surface area contributed by atoms with Gasteiger partial charge in [0.05, 0.1) is 17.6 Å². The smallest absolute Gasteiger partial charge is 0.229 e. The number of benzene rings is 1. The first-order chi connectivity index (χ1) is 11.9. The second kappa shape index (κ2) is 7.26. The summed E-state index contributed by atoms with van der Waals surface area (Å²) in [5.74, 6) is 2.24. The third kappa shape index (κ3) is 5.06. The lowest BCUT2D eigenvalue weighted by Gasteiger charge is -2.13. The summed E-state index contributed by atoms with van der Waals surface area (Å²) >= 11 is 0. The second-order valence-electron chi connectivity index (χ2n) is 6.33. The van der Waals surface area contributed by atoms with E-state index in [0.29, 0.717) is 18.2 Å². The van der Waals surface area contributed by atoms with Gasteiger partial charge < -0.3 is 15.4 Å². The summed E-state index contributed by atoms with van der Waals surface area (Å²) in [6, 6.07) is 9.19. The molecule has 1 aromatic heterocycles. The molecule has 2 aromatic rings. The van der Waals surface area contributed by atoms with Crippen LogP contribution in [0, 0.1) is 0 Å². The van der Waals surface area contributed by atoms with Crippen molar-refractivity contribution in [2.24, 2.45) is 0 Å². The average Bonchev–Trinajstić information content (AvgIpc) is 2.88. The summed E-state index contributed by atoms with van der Waals surface area (Å²) in [4.78, 5) is 8.59. The number of rotatable bonds is 6. The molecule has 1 unspecified atom stereocenters. The minimum Gasteiger partial charge on any atom is -0.491 e.